The molecule has 5 nitrogen and oxygen atoms in total. The molecule has 0 saturated carbocycles. The second-order valence-corrected chi connectivity index (χ2v) is 2.19. The molecule has 5 heteroatoms. The molecule has 0 radical (unpaired) electrons. The largest absolute Gasteiger partial charge is 0.355 e. The third kappa shape index (κ3) is 4.07. The van der Waals surface area contributed by atoms with Crippen molar-refractivity contribution < 1.29 is 14.4 Å². The first-order valence-electron chi connectivity index (χ1n) is 3.78. The van der Waals surface area contributed by atoms with Gasteiger partial charge in [0.05, 0.1) is 12.6 Å². The van der Waals surface area contributed by atoms with Gasteiger partial charge >= 0.3 is 5.97 Å². The Balaban J connectivity index is 4.35. The third-order valence-corrected chi connectivity index (χ3v) is 1.17. The maximum Gasteiger partial charge on any atom is 0.355 e. The van der Waals surface area contributed by atoms with Crippen LogP contribution in [0.4, 0.5) is 0 Å². The topological polar surface area (TPSA) is 70.4 Å². The highest BCUT2D eigenvalue weighted by atomic mass is 16.7. The summed E-state index contributed by atoms with van der Waals surface area (Å²) in [7, 11) is 0. The molecule has 14 heavy (non-hydrogen) atoms. The van der Waals surface area contributed by atoms with Crippen molar-refractivity contribution in [1.29, 1.82) is 5.26 Å². The average Bonchev–Trinajstić information content (AvgIpc) is 2.17. The van der Waals surface area contributed by atoms with E-state index in [2.05, 4.69) is 18.0 Å². The zero-order valence-electron chi connectivity index (χ0n) is 7.60. The first-order chi connectivity index (χ1) is 6.65. The Bertz CT molecular complexity index is 291. The van der Waals surface area contributed by atoms with E-state index >= 15 is 0 Å². The van der Waals surface area contributed by atoms with E-state index in [4.69, 9.17) is 5.26 Å². The number of carbonyl (C=O) groups is 2. The molecule has 1 amide bonds. The summed E-state index contributed by atoms with van der Waals surface area (Å²) in [5.74, 6) is -1.35. The normalized spacial score (nSPS) is 8.21. The Kier molecular flexibility index (Phi) is 5.47. The van der Waals surface area contributed by atoms with Gasteiger partial charge in [0.15, 0.2) is 0 Å². The van der Waals surface area contributed by atoms with Gasteiger partial charge in [-0.15, -0.1) is 6.58 Å². The van der Waals surface area contributed by atoms with Gasteiger partial charge in [-0.1, -0.05) is 12.7 Å². The highest BCUT2D eigenvalue weighted by Gasteiger charge is 2.15. The molecule has 0 aromatic carbocycles. The van der Waals surface area contributed by atoms with E-state index in [0.29, 0.717) is 0 Å². The van der Waals surface area contributed by atoms with Gasteiger partial charge in [-0.2, -0.15) is 10.3 Å². The molecule has 0 rings (SSSR count). The molecule has 0 bridgehead atoms. The first-order valence-corrected chi connectivity index (χ1v) is 3.78. The van der Waals surface area contributed by atoms with Gasteiger partial charge in [0, 0.05) is 6.08 Å². The number of carbonyl (C=O) groups excluding carboxylic acids is 2. The van der Waals surface area contributed by atoms with E-state index in [1.54, 1.807) is 6.07 Å². The Morgan fingerprint density at radius 2 is 2.14 bits per heavy atom. The minimum Gasteiger partial charge on any atom is -0.333 e. The summed E-state index contributed by atoms with van der Waals surface area (Å²) < 4.78 is 0. The van der Waals surface area contributed by atoms with Crippen LogP contribution in [0.2, 0.25) is 0 Å². The molecule has 0 aliphatic heterocycles. The van der Waals surface area contributed by atoms with Crippen LogP contribution in [0, 0.1) is 11.3 Å². The number of hydroxylamine groups is 2. The predicted octanol–water partition coefficient (Wildman–Crippen LogP) is 0.559. The lowest BCUT2D eigenvalue weighted by molar-refractivity contribution is -0.190. The van der Waals surface area contributed by atoms with Crippen LogP contribution >= 0.6 is 0 Å². The van der Waals surface area contributed by atoms with Crippen LogP contribution in [0.15, 0.2) is 25.3 Å². The molecule has 0 aliphatic carbocycles. The first kappa shape index (κ1) is 11.9. The van der Waals surface area contributed by atoms with Crippen LogP contribution in [0.5, 0.6) is 0 Å². The molecule has 0 saturated heterocycles. The molecule has 0 aromatic heterocycles. The lowest BCUT2D eigenvalue weighted by Crippen LogP contribution is -2.32. The molecule has 0 N–H and O–H groups in total. The summed E-state index contributed by atoms with van der Waals surface area (Å²) in [4.78, 5) is 26.4. The van der Waals surface area contributed by atoms with Gasteiger partial charge < -0.3 is 4.84 Å². The SMILES string of the molecule is C=CCN(OC(=O)C=C)C(=O)CC#N. The number of nitrogens with zero attached hydrogens (tertiary/aromatic N) is 2. The smallest absolute Gasteiger partial charge is 0.333 e. The average molecular weight is 194 g/mol. The van der Waals surface area contributed by atoms with Crippen molar-refractivity contribution in [3.8, 4) is 6.07 Å². The fourth-order valence-electron chi connectivity index (χ4n) is 0.609. The number of hydrogen-bond acceptors (Lipinski definition) is 4. The molecule has 0 unspecified atom stereocenters. The van der Waals surface area contributed by atoms with Crippen LogP contribution < -0.4 is 0 Å². The Morgan fingerprint density at radius 1 is 1.50 bits per heavy atom. The number of nitriles is 1. The van der Waals surface area contributed by atoms with Gasteiger partial charge in [0.25, 0.3) is 5.91 Å². The zero-order valence-corrected chi connectivity index (χ0v) is 7.60. The summed E-state index contributed by atoms with van der Waals surface area (Å²) in [6, 6.07) is 1.65. The third-order valence-electron chi connectivity index (χ3n) is 1.17. The number of amides is 1. The Morgan fingerprint density at radius 3 is 2.57 bits per heavy atom. The van der Waals surface area contributed by atoms with E-state index in [1.807, 2.05) is 0 Å². The molecule has 74 valence electrons. The molecule has 0 atom stereocenters. The van der Waals surface area contributed by atoms with Crippen molar-refractivity contribution in [2.75, 3.05) is 6.54 Å². The van der Waals surface area contributed by atoms with Crippen molar-refractivity contribution in [3.63, 3.8) is 0 Å². The number of rotatable bonds is 4. The molecule has 0 aromatic rings. The molecule has 0 heterocycles. The molecule has 0 aliphatic rings. The highest BCUT2D eigenvalue weighted by molar-refractivity contribution is 5.84. The Hall–Kier alpha value is -2.09. The maximum absolute atomic E-state index is 11.1. The predicted molar refractivity (Wildman–Crippen MR) is 48.4 cm³/mol. The van der Waals surface area contributed by atoms with E-state index in [-0.39, 0.29) is 13.0 Å². The monoisotopic (exact) mass is 194 g/mol. The Labute approximate surface area is 81.8 Å². The number of hydrogen-bond donors (Lipinski definition) is 0. The lowest BCUT2D eigenvalue weighted by Gasteiger charge is -2.16. The minimum atomic E-state index is -0.752. The summed E-state index contributed by atoms with van der Waals surface area (Å²) >= 11 is 0. The molecule has 0 spiro atoms. The fourth-order valence-corrected chi connectivity index (χ4v) is 0.609. The van der Waals surface area contributed by atoms with Crippen molar-refractivity contribution >= 4 is 11.9 Å². The highest BCUT2D eigenvalue weighted by Crippen LogP contribution is 1.97. The van der Waals surface area contributed by atoms with Crippen molar-refractivity contribution in [2.24, 2.45) is 0 Å². The van der Waals surface area contributed by atoms with Crippen LogP contribution in [0.25, 0.3) is 0 Å². The van der Waals surface area contributed by atoms with Crippen molar-refractivity contribution in [1.82, 2.24) is 5.06 Å². The second kappa shape index (κ2) is 6.43. The molecular weight excluding hydrogens is 184 g/mol. The summed E-state index contributed by atoms with van der Waals surface area (Å²) in [5, 5.41) is 9.03. The van der Waals surface area contributed by atoms with E-state index < -0.39 is 11.9 Å². The molecule has 0 fully saturated rings. The zero-order chi connectivity index (χ0) is 11.0. The van der Waals surface area contributed by atoms with Gasteiger partial charge in [0.1, 0.15) is 6.42 Å². The van der Waals surface area contributed by atoms with E-state index in [0.717, 1.165) is 11.1 Å². The second-order valence-electron chi connectivity index (χ2n) is 2.19. The fraction of sp³-hybridized carbons (Fsp3) is 0.222. The summed E-state index contributed by atoms with van der Waals surface area (Å²) in [6.45, 7) is 6.60. The van der Waals surface area contributed by atoms with Crippen molar-refractivity contribution in [3.05, 3.63) is 25.3 Å². The van der Waals surface area contributed by atoms with Gasteiger partial charge in [-0.25, -0.2) is 4.79 Å². The van der Waals surface area contributed by atoms with Crippen LogP contribution in [0.1, 0.15) is 6.42 Å². The van der Waals surface area contributed by atoms with Crippen molar-refractivity contribution in [2.45, 2.75) is 6.42 Å². The molecular formula is C9H10N2O3. The van der Waals surface area contributed by atoms with E-state index in [9.17, 15) is 9.59 Å². The van der Waals surface area contributed by atoms with Crippen LogP contribution in [-0.4, -0.2) is 23.5 Å². The van der Waals surface area contributed by atoms with Gasteiger partial charge in [0.2, 0.25) is 0 Å². The van der Waals surface area contributed by atoms with E-state index in [1.165, 1.54) is 6.08 Å². The minimum absolute atomic E-state index is 0.0418. The quantitative estimate of drug-likeness (QED) is 0.372. The summed E-state index contributed by atoms with van der Waals surface area (Å²) in [5.41, 5.74) is 0. The maximum atomic E-state index is 11.1. The standard InChI is InChI=1S/C9H10N2O3/c1-3-7-11(8(12)5-6-10)14-9(13)4-2/h3-4H,1-2,5,7H2. The van der Waals surface area contributed by atoms with Gasteiger partial charge in [-0.3, -0.25) is 4.79 Å². The van der Waals surface area contributed by atoms with Gasteiger partial charge in [-0.05, 0) is 0 Å². The lowest BCUT2D eigenvalue weighted by atomic mass is 10.4. The van der Waals surface area contributed by atoms with Crippen LogP contribution in [-0.2, 0) is 14.4 Å². The van der Waals surface area contributed by atoms with Crippen LogP contribution in [0.3, 0.4) is 0 Å². The summed E-state index contributed by atoms with van der Waals surface area (Å²) in [6.07, 6.45) is 1.96.